The zero-order chi connectivity index (χ0) is 20.4. The fraction of sp³-hybridized carbons (Fsp3) is 0.273. The Morgan fingerprint density at radius 3 is 2.21 bits per heavy atom. The van der Waals surface area contributed by atoms with Crippen LogP contribution in [0.4, 0.5) is 10.5 Å². The number of carbonyl (C=O) groups is 1. The normalized spacial score (nSPS) is 15.0. The van der Waals surface area contributed by atoms with Crippen molar-refractivity contribution in [1.82, 2.24) is 4.72 Å². The molecule has 0 heterocycles. The van der Waals surface area contributed by atoms with Crippen LogP contribution in [0.3, 0.4) is 0 Å². The predicted octanol–water partition coefficient (Wildman–Crippen LogP) is 3.66. The molecule has 2 aromatic rings. The lowest BCUT2D eigenvalue weighted by molar-refractivity contribution is 0.256. The molecule has 2 amide bonds. The molecule has 0 atom stereocenters. The minimum atomic E-state index is -3.95. The van der Waals surface area contributed by atoms with Gasteiger partial charge in [0, 0.05) is 5.69 Å². The van der Waals surface area contributed by atoms with E-state index in [1.807, 2.05) is 6.07 Å². The summed E-state index contributed by atoms with van der Waals surface area (Å²) in [5, 5.41) is 12.6. The van der Waals surface area contributed by atoms with Crippen molar-refractivity contribution < 1.29 is 13.2 Å². The average Bonchev–Trinajstić information content (AvgIpc) is 3.35. The summed E-state index contributed by atoms with van der Waals surface area (Å²) in [5.41, 5.74) is 6.74. The average molecular weight is 407 g/mol. The third-order valence-corrected chi connectivity index (χ3v) is 6.39. The van der Waals surface area contributed by atoms with E-state index in [0.29, 0.717) is 11.1 Å². The Labute approximate surface area is 170 Å². The predicted molar refractivity (Wildman–Crippen MR) is 112 cm³/mol. The van der Waals surface area contributed by atoms with Crippen LogP contribution < -0.4 is 10.0 Å². The smallest absolute Gasteiger partial charge is 0.307 e. The Hall–Kier alpha value is -3.11. The number of nitriles is 1. The fourth-order valence-corrected chi connectivity index (χ4v) is 4.82. The Morgan fingerprint density at radius 1 is 1.00 bits per heavy atom. The van der Waals surface area contributed by atoms with E-state index in [0.717, 1.165) is 60.7 Å². The molecule has 0 saturated carbocycles. The second kappa shape index (κ2) is 7.72. The van der Waals surface area contributed by atoms with Gasteiger partial charge in [-0.3, -0.25) is 0 Å². The number of hydrogen-bond donors (Lipinski definition) is 2. The zero-order valence-electron chi connectivity index (χ0n) is 15.9. The molecular weight excluding hydrogens is 386 g/mol. The van der Waals surface area contributed by atoms with Crippen molar-refractivity contribution in [2.24, 2.45) is 0 Å². The molecule has 6 nitrogen and oxygen atoms in total. The number of anilines is 1. The number of amides is 2. The van der Waals surface area contributed by atoms with Crippen molar-refractivity contribution in [3.8, 4) is 6.07 Å². The van der Waals surface area contributed by atoms with E-state index in [2.05, 4.69) is 16.1 Å². The molecule has 0 unspecified atom stereocenters. The summed E-state index contributed by atoms with van der Waals surface area (Å²) in [6.07, 6.45) is 7.32. The first-order valence-corrected chi connectivity index (χ1v) is 11.2. The summed E-state index contributed by atoms with van der Waals surface area (Å²) in [7, 11) is -3.95. The van der Waals surface area contributed by atoms with Crippen molar-refractivity contribution >= 4 is 27.8 Å². The zero-order valence-corrected chi connectivity index (χ0v) is 16.7. The quantitative estimate of drug-likeness (QED) is 0.808. The van der Waals surface area contributed by atoms with Crippen LogP contribution in [-0.4, -0.2) is 14.4 Å². The number of urea groups is 1. The molecule has 148 valence electrons. The van der Waals surface area contributed by atoms with Gasteiger partial charge in [0.2, 0.25) is 0 Å². The Bertz CT molecular complexity index is 1110. The summed E-state index contributed by atoms with van der Waals surface area (Å²) in [6, 6.07) is 9.99. The molecule has 2 aliphatic rings. The SMILES string of the molecule is N#Cc1ccc(/C=C/S(=O)(=O)NC(=O)Nc2c3c(cc4c2CCC4)CCC3)cc1. The van der Waals surface area contributed by atoms with Crippen molar-refractivity contribution in [3.05, 3.63) is 69.1 Å². The third-order valence-electron chi connectivity index (χ3n) is 5.43. The Morgan fingerprint density at radius 2 is 1.62 bits per heavy atom. The molecule has 0 bridgehead atoms. The van der Waals surface area contributed by atoms with E-state index in [4.69, 9.17) is 5.26 Å². The Kier molecular flexibility index (Phi) is 5.12. The van der Waals surface area contributed by atoms with Gasteiger partial charge in [-0.1, -0.05) is 18.2 Å². The Balaban J connectivity index is 1.48. The first-order chi connectivity index (χ1) is 13.9. The maximum atomic E-state index is 12.5. The summed E-state index contributed by atoms with van der Waals surface area (Å²) in [6.45, 7) is 0. The maximum absolute atomic E-state index is 12.5. The van der Waals surface area contributed by atoms with Gasteiger partial charge in [0.25, 0.3) is 10.0 Å². The van der Waals surface area contributed by atoms with Gasteiger partial charge in [-0.2, -0.15) is 5.26 Å². The van der Waals surface area contributed by atoms with E-state index in [1.54, 1.807) is 24.3 Å². The van der Waals surface area contributed by atoms with Crippen LogP contribution in [0.25, 0.3) is 6.08 Å². The van der Waals surface area contributed by atoms with Gasteiger partial charge in [-0.25, -0.2) is 17.9 Å². The van der Waals surface area contributed by atoms with Gasteiger partial charge in [0.15, 0.2) is 0 Å². The lowest BCUT2D eigenvalue weighted by Crippen LogP contribution is -2.33. The highest BCUT2D eigenvalue weighted by Crippen LogP contribution is 2.38. The van der Waals surface area contributed by atoms with Gasteiger partial charge in [0.05, 0.1) is 17.0 Å². The van der Waals surface area contributed by atoms with Crippen LogP contribution in [0.15, 0.2) is 35.7 Å². The minimum absolute atomic E-state index is 0.491. The molecule has 29 heavy (non-hydrogen) atoms. The molecular formula is C22H21N3O3S. The van der Waals surface area contributed by atoms with Gasteiger partial charge < -0.3 is 5.32 Å². The molecule has 0 fully saturated rings. The first-order valence-electron chi connectivity index (χ1n) is 9.64. The number of carbonyl (C=O) groups excluding carboxylic acids is 1. The number of fused-ring (bicyclic) bond motifs is 2. The molecule has 0 aliphatic heterocycles. The van der Waals surface area contributed by atoms with Crippen LogP contribution in [0.5, 0.6) is 0 Å². The highest BCUT2D eigenvalue weighted by atomic mass is 32.2. The lowest BCUT2D eigenvalue weighted by atomic mass is 9.99. The molecule has 2 N–H and O–H groups in total. The molecule has 2 aliphatic carbocycles. The van der Waals surface area contributed by atoms with Gasteiger partial charge in [0.1, 0.15) is 0 Å². The summed E-state index contributed by atoms with van der Waals surface area (Å²) in [4.78, 5) is 12.5. The van der Waals surface area contributed by atoms with E-state index < -0.39 is 16.1 Å². The molecule has 2 aromatic carbocycles. The second-order valence-electron chi connectivity index (χ2n) is 7.37. The second-order valence-corrected chi connectivity index (χ2v) is 8.94. The van der Waals surface area contributed by atoms with Crippen LogP contribution in [-0.2, 0) is 35.7 Å². The lowest BCUT2D eigenvalue weighted by Gasteiger charge is -2.16. The molecule has 4 rings (SSSR count). The van der Waals surface area contributed by atoms with Crippen LogP contribution in [0.2, 0.25) is 0 Å². The number of sulfonamides is 1. The van der Waals surface area contributed by atoms with E-state index in [9.17, 15) is 13.2 Å². The molecule has 0 saturated heterocycles. The molecule has 7 heteroatoms. The first kappa shape index (κ1) is 19.2. The number of nitrogens with zero attached hydrogens (tertiary/aromatic N) is 1. The van der Waals surface area contributed by atoms with Gasteiger partial charge >= 0.3 is 6.03 Å². The van der Waals surface area contributed by atoms with Crippen molar-refractivity contribution in [3.63, 3.8) is 0 Å². The van der Waals surface area contributed by atoms with E-state index in [-0.39, 0.29) is 0 Å². The van der Waals surface area contributed by atoms with Crippen LogP contribution in [0, 0.1) is 11.3 Å². The van der Waals surface area contributed by atoms with E-state index in [1.165, 1.54) is 17.2 Å². The number of benzene rings is 2. The molecule has 0 aromatic heterocycles. The molecule has 0 radical (unpaired) electrons. The van der Waals surface area contributed by atoms with Crippen LogP contribution in [0.1, 0.15) is 46.2 Å². The summed E-state index contributed by atoms with van der Waals surface area (Å²) >= 11 is 0. The number of aryl methyl sites for hydroxylation is 2. The molecule has 0 spiro atoms. The number of rotatable bonds is 4. The van der Waals surface area contributed by atoms with Crippen LogP contribution >= 0.6 is 0 Å². The summed E-state index contributed by atoms with van der Waals surface area (Å²) in [5.74, 6) is 0. The summed E-state index contributed by atoms with van der Waals surface area (Å²) < 4.78 is 26.6. The third kappa shape index (κ3) is 4.17. The number of nitrogens with one attached hydrogen (secondary N) is 2. The maximum Gasteiger partial charge on any atom is 0.333 e. The number of hydrogen-bond acceptors (Lipinski definition) is 4. The largest absolute Gasteiger partial charge is 0.333 e. The fourth-order valence-electron chi connectivity index (χ4n) is 4.11. The topological polar surface area (TPSA) is 99.1 Å². The standard InChI is InChI=1S/C22H21N3O3S/c23-14-16-9-7-15(8-10-16)11-12-29(27,28)25-22(26)24-21-19-5-1-3-17(19)13-18-4-2-6-20(18)21/h7-13H,1-6H2,(H2,24,25,26)/b12-11+. The van der Waals surface area contributed by atoms with Crippen molar-refractivity contribution in [1.29, 1.82) is 5.26 Å². The highest BCUT2D eigenvalue weighted by Gasteiger charge is 2.25. The minimum Gasteiger partial charge on any atom is -0.307 e. The van der Waals surface area contributed by atoms with Gasteiger partial charge in [-0.15, -0.1) is 0 Å². The van der Waals surface area contributed by atoms with Crippen molar-refractivity contribution in [2.45, 2.75) is 38.5 Å². The van der Waals surface area contributed by atoms with Crippen molar-refractivity contribution in [2.75, 3.05) is 5.32 Å². The monoisotopic (exact) mass is 407 g/mol. The highest BCUT2D eigenvalue weighted by molar-refractivity contribution is 7.93. The van der Waals surface area contributed by atoms with Gasteiger partial charge in [-0.05, 0) is 84.6 Å². The van der Waals surface area contributed by atoms with E-state index >= 15 is 0 Å².